The highest BCUT2D eigenvalue weighted by molar-refractivity contribution is 6.30. The summed E-state index contributed by atoms with van der Waals surface area (Å²) >= 11 is 5.84. The van der Waals surface area contributed by atoms with Gasteiger partial charge in [-0.25, -0.2) is 4.79 Å². The Labute approximate surface area is 136 Å². The van der Waals surface area contributed by atoms with Gasteiger partial charge in [0.05, 0.1) is 6.42 Å². The van der Waals surface area contributed by atoms with E-state index >= 15 is 0 Å². The van der Waals surface area contributed by atoms with Crippen LogP contribution in [0.15, 0.2) is 24.3 Å². The lowest BCUT2D eigenvalue weighted by Crippen LogP contribution is -2.53. The van der Waals surface area contributed by atoms with Crippen LogP contribution < -0.4 is 5.32 Å². The fourth-order valence-electron chi connectivity index (χ4n) is 2.39. The smallest absolute Gasteiger partial charge is 0.317 e. The van der Waals surface area contributed by atoms with Crippen molar-refractivity contribution in [2.45, 2.75) is 19.8 Å². The van der Waals surface area contributed by atoms with Crippen molar-refractivity contribution in [3.63, 3.8) is 0 Å². The predicted molar refractivity (Wildman–Crippen MR) is 87.0 cm³/mol. The molecule has 22 heavy (non-hydrogen) atoms. The third-order valence-corrected chi connectivity index (χ3v) is 3.97. The zero-order valence-corrected chi connectivity index (χ0v) is 13.6. The molecule has 5 nitrogen and oxygen atoms in total. The monoisotopic (exact) mass is 323 g/mol. The van der Waals surface area contributed by atoms with Crippen LogP contribution in [0.4, 0.5) is 4.79 Å². The minimum atomic E-state index is -0.0355. The average molecular weight is 324 g/mol. The number of carbonyl (C=O) groups is 2. The molecule has 1 aromatic rings. The summed E-state index contributed by atoms with van der Waals surface area (Å²) in [6, 6.07) is 7.29. The summed E-state index contributed by atoms with van der Waals surface area (Å²) in [5.74, 6) is 0.0935. The van der Waals surface area contributed by atoms with Gasteiger partial charge in [-0.2, -0.15) is 0 Å². The minimum Gasteiger partial charge on any atom is -0.339 e. The Hall–Kier alpha value is -1.75. The Balaban J connectivity index is 1.79. The molecular weight excluding hydrogens is 302 g/mol. The Morgan fingerprint density at radius 2 is 1.68 bits per heavy atom. The zero-order valence-electron chi connectivity index (χ0n) is 12.8. The Bertz CT molecular complexity index is 511. The van der Waals surface area contributed by atoms with Gasteiger partial charge in [0, 0.05) is 37.7 Å². The Kier molecular flexibility index (Phi) is 6.07. The largest absolute Gasteiger partial charge is 0.339 e. The lowest BCUT2D eigenvalue weighted by Gasteiger charge is -2.34. The van der Waals surface area contributed by atoms with Crippen LogP contribution in [0.2, 0.25) is 5.02 Å². The molecule has 6 heteroatoms. The molecule has 0 saturated carbocycles. The quantitative estimate of drug-likeness (QED) is 0.923. The van der Waals surface area contributed by atoms with E-state index in [1.165, 1.54) is 0 Å². The Morgan fingerprint density at radius 1 is 1.09 bits per heavy atom. The van der Waals surface area contributed by atoms with Crippen LogP contribution in [0, 0.1) is 0 Å². The number of benzene rings is 1. The van der Waals surface area contributed by atoms with Crippen molar-refractivity contribution in [3.8, 4) is 0 Å². The van der Waals surface area contributed by atoms with Gasteiger partial charge in [-0.3, -0.25) is 4.79 Å². The molecule has 1 saturated heterocycles. The zero-order chi connectivity index (χ0) is 15.9. The van der Waals surface area contributed by atoms with Crippen molar-refractivity contribution in [2.24, 2.45) is 0 Å². The minimum absolute atomic E-state index is 0.0355. The number of piperazine rings is 1. The fourth-order valence-corrected chi connectivity index (χ4v) is 2.52. The van der Waals surface area contributed by atoms with Gasteiger partial charge in [0.1, 0.15) is 0 Å². The first kappa shape index (κ1) is 16.6. The van der Waals surface area contributed by atoms with Gasteiger partial charge >= 0.3 is 6.03 Å². The predicted octanol–water partition coefficient (Wildman–Crippen LogP) is 2.15. The second-order valence-electron chi connectivity index (χ2n) is 5.40. The van der Waals surface area contributed by atoms with Gasteiger partial charge in [0.25, 0.3) is 0 Å². The highest BCUT2D eigenvalue weighted by Gasteiger charge is 2.23. The third kappa shape index (κ3) is 4.63. The molecule has 1 aliphatic rings. The van der Waals surface area contributed by atoms with Crippen molar-refractivity contribution >= 4 is 23.5 Å². The molecule has 1 fully saturated rings. The molecule has 1 aromatic carbocycles. The summed E-state index contributed by atoms with van der Waals surface area (Å²) in [4.78, 5) is 27.7. The summed E-state index contributed by atoms with van der Waals surface area (Å²) in [5.41, 5.74) is 0.956. The van der Waals surface area contributed by atoms with Crippen LogP contribution >= 0.6 is 11.6 Å². The molecule has 0 aliphatic carbocycles. The van der Waals surface area contributed by atoms with Crippen molar-refractivity contribution in [3.05, 3.63) is 34.9 Å². The second-order valence-corrected chi connectivity index (χ2v) is 5.84. The standard InChI is InChI=1S/C16H22ClN3O2/c1-2-7-18-16(22)20-10-8-19(9-11-20)15(21)12-13-3-5-14(17)6-4-13/h3-6H,2,7-12H2,1H3,(H,18,22). The van der Waals surface area contributed by atoms with Crippen LogP contribution in [-0.2, 0) is 11.2 Å². The van der Waals surface area contributed by atoms with Gasteiger partial charge < -0.3 is 15.1 Å². The van der Waals surface area contributed by atoms with E-state index < -0.39 is 0 Å². The van der Waals surface area contributed by atoms with E-state index in [4.69, 9.17) is 11.6 Å². The maximum atomic E-state index is 12.3. The summed E-state index contributed by atoms with van der Waals surface area (Å²) in [6.45, 7) is 5.06. The molecule has 0 radical (unpaired) electrons. The SMILES string of the molecule is CCCNC(=O)N1CCN(C(=O)Cc2ccc(Cl)cc2)CC1. The van der Waals surface area contributed by atoms with E-state index in [-0.39, 0.29) is 11.9 Å². The molecule has 0 unspecified atom stereocenters. The number of nitrogens with one attached hydrogen (secondary N) is 1. The molecule has 1 aliphatic heterocycles. The van der Waals surface area contributed by atoms with Crippen LogP contribution in [0.1, 0.15) is 18.9 Å². The summed E-state index contributed by atoms with van der Waals surface area (Å²) in [6.07, 6.45) is 1.30. The third-order valence-electron chi connectivity index (χ3n) is 3.71. The first-order chi connectivity index (χ1) is 10.6. The van der Waals surface area contributed by atoms with Crippen molar-refractivity contribution in [1.82, 2.24) is 15.1 Å². The first-order valence-electron chi connectivity index (χ1n) is 7.65. The van der Waals surface area contributed by atoms with E-state index in [2.05, 4.69) is 5.32 Å². The normalized spacial score (nSPS) is 14.8. The first-order valence-corrected chi connectivity index (χ1v) is 8.03. The van der Waals surface area contributed by atoms with E-state index in [0.29, 0.717) is 44.2 Å². The highest BCUT2D eigenvalue weighted by atomic mass is 35.5. The van der Waals surface area contributed by atoms with Crippen LogP contribution in [0.25, 0.3) is 0 Å². The molecule has 0 spiro atoms. The molecule has 2 rings (SSSR count). The number of carbonyl (C=O) groups excluding carboxylic acids is 2. The molecule has 0 atom stereocenters. The van der Waals surface area contributed by atoms with E-state index in [1.54, 1.807) is 17.0 Å². The lowest BCUT2D eigenvalue weighted by molar-refractivity contribution is -0.131. The van der Waals surface area contributed by atoms with Gasteiger partial charge in [0.15, 0.2) is 0 Å². The van der Waals surface area contributed by atoms with Crippen molar-refractivity contribution < 1.29 is 9.59 Å². The topological polar surface area (TPSA) is 52.7 Å². The summed E-state index contributed by atoms with van der Waals surface area (Å²) in [5, 5.41) is 3.53. The number of nitrogens with zero attached hydrogens (tertiary/aromatic N) is 2. The number of hydrogen-bond donors (Lipinski definition) is 1. The Morgan fingerprint density at radius 3 is 2.27 bits per heavy atom. The molecule has 120 valence electrons. The molecule has 3 amide bonds. The summed E-state index contributed by atoms with van der Waals surface area (Å²) < 4.78 is 0. The number of urea groups is 1. The number of rotatable bonds is 4. The summed E-state index contributed by atoms with van der Waals surface area (Å²) in [7, 11) is 0. The fraction of sp³-hybridized carbons (Fsp3) is 0.500. The van der Waals surface area contributed by atoms with Crippen LogP contribution in [0.3, 0.4) is 0 Å². The van der Waals surface area contributed by atoms with E-state index in [1.807, 2.05) is 24.0 Å². The van der Waals surface area contributed by atoms with Crippen LogP contribution in [0.5, 0.6) is 0 Å². The van der Waals surface area contributed by atoms with Crippen LogP contribution in [-0.4, -0.2) is 54.5 Å². The van der Waals surface area contributed by atoms with Gasteiger partial charge in [-0.1, -0.05) is 30.7 Å². The number of hydrogen-bond acceptors (Lipinski definition) is 2. The number of halogens is 1. The highest BCUT2D eigenvalue weighted by Crippen LogP contribution is 2.12. The second kappa shape index (κ2) is 8.03. The van der Waals surface area contributed by atoms with Crippen molar-refractivity contribution in [2.75, 3.05) is 32.7 Å². The maximum Gasteiger partial charge on any atom is 0.317 e. The van der Waals surface area contributed by atoms with E-state index in [0.717, 1.165) is 12.0 Å². The average Bonchev–Trinajstić information content (AvgIpc) is 2.55. The molecule has 0 aromatic heterocycles. The molecular formula is C16H22ClN3O2. The molecule has 1 heterocycles. The molecule has 1 N–H and O–H groups in total. The lowest BCUT2D eigenvalue weighted by atomic mass is 10.1. The van der Waals surface area contributed by atoms with Crippen molar-refractivity contribution in [1.29, 1.82) is 0 Å². The molecule has 0 bridgehead atoms. The maximum absolute atomic E-state index is 12.3. The van der Waals surface area contributed by atoms with E-state index in [9.17, 15) is 9.59 Å². The van der Waals surface area contributed by atoms with Gasteiger partial charge in [0.2, 0.25) is 5.91 Å². The van der Waals surface area contributed by atoms with Gasteiger partial charge in [-0.15, -0.1) is 0 Å². The number of amides is 3. The van der Waals surface area contributed by atoms with Gasteiger partial charge in [-0.05, 0) is 24.1 Å².